The molecule has 0 unspecified atom stereocenters. The summed E-state index contributed by atoms with van der Waals surface area (Å²) >= 11 is 0. The molecule has 1 aromatic carbocycles. The number of hydrogen-bond acceptors (Lipinski definition) is 3. The van der Waals surface area contributed by atoms with E-state index in [2.05, 4.69) is 0 Å². The molecule has 0 spiro atoms. The summed E-state index contributed by atoms with van der Waals surface area (Å²) in [5.74, 6) is 1.02. The van der Waals surface area contributed by atoms with Gasteiger partial charge in [0.2, 0.25) is 5.79 Å². The highest BCUT2D eigenvalue weighted by Gasteiger charge is 2.28. The molecular weight excluding hydrogens is 192 g/mol. The van der Waals surface area contributed by atoms with Crippen LogP contribution in [0.15, 0.2) is 30.5 Å². The highest BCUT2D eigenvalue weighted by molar-refractivity contribution is 5.60. The zero-order valence-electron chi connectivity index (χ0n) is 9.11. The highest BCUT2D eigenvalue weighted by Crippen LogP contribution is 2.31. The molecule has 80 valence electrons. The minimum absolute atomic E-state index is 0.560. The largest absolute Gasteiger partial charge is 0.497 e. The summed E-state index contributed by atoms with van der Waals surface area (Å²) in [6, 6.07) is 7.67. The van der Waals surface area contributed by atoms with Gasteiger partial charge in [0.05, 0.1) is 7.11 Å². The van der Waals surface area contributed by atoms with Crippen molar-refractivity contribution >= 4 is 5.76 Å². The second kappa shape index (κ2) is 3.50. The standard InChI is InChI=1S/C12H14O3/c1-12(2)14-8-11(15-12)9-4-6-10(13-3)7-5-9/h4-8H,1-3H3. The van der Waals surface area contributed by atoms with E-state index in [9.17, 15) is 0 Å². The third-order valence-corrected chi connectivity index (χ3v) is 2.18. The SMILES string of the molecule is COc1ccc(C2=COC(C)(C)O2)cc1. The van der Waals surface area contributed by atoms with Gasteiger partial charge < -0.3 is 14.2 Å². The zero-order valence-corrected chi connectivity index (χ0v) is 9.11. The molecule has 1 aromatic rings. The van der Waals surface area contributed by atoms with Gasteiger partial charge in [-0.2, -0.15) is 0 Å². The van der Waals surface area contributed by atoms with Crippen LogP contribution in [0.4, 0.5) is 0 Å². The minimum atomic E-state index is -0.560. The van der Waals surface area contributed by atoms with Gasteiger partial charge in [-0.1, -0.05) is 0 Å². The molecule has 0 amide bonds. The average molecular weight is 206 g/mol. The number of hydrogen-bond donors (Lipinski definition) is 0. The van der Waals surface area contributed by atoms with E-state index in [1.54, 1.807) is 13.4 Å². The second-order valence-corrected chi connectivity index (χ2v) is 3.83. The van der Waals surface area contributed by atoms with Crippen LogP contribution >= 0.6 is 0 Å². The van der Waals surface area contributed by atoms with Crippen molar-refractivity contribution in [2.45, 2.75) is 19.6 Å². The van der Waals surface area contributed by atoms with Gasteiger partial charge in [0.15, 0.2) is 5.76 Å². The molecule has 0 aromatic heterocycles. The van der Waals surface area contributed by atoms with Crippen molar-refractivity contribution in [1.82, 2.24) is 0 Å². The van der Waals surface area contributed by atoms with E-state index in [-0.39, 0.29) is 0 Å². The average Bonchev–Trinajstić information content (AvgIpc) is 2.59. The van der Waals surface area contributed by atoms with E-state index < -0.39 is 5.79 Å². The van der Waals surface area contributed by atoms with Crippen molar-refractivity contribution < 1.29 is 14.2 Å². The first-order valence-corrected chi connectivity index (χ1v) is 4.82. The molecular formula is C12H14O3. The molecule has 15 heavy (non-hydrogen) atoms. The van der Waals surface area contributed by atoms with Crippen molar-refractivity contribution in [2.24, 2.45) is 0 Å². The molecule has 3 nitrogen and oxygen atoms in total. The quantitative estimate of drug-likeness (QED) is 0.744. The zero-order chi connectivity index (χ0) is 10.9. The Morgan fingerprint density at radius 1 is 1.13 bits per heavy atom. The normalized spacial score (nSPS) is 17.7. The monoisotopic (exact) mass is 206 g/mol. The topological polar surface area (TPSA) is 27.7 Å². The molecule has 0 atom stereocenters. The molecule has 1 heterocycles. The fraction of sp³-hybridized carbons (Fsp3) is 0.333. The van der Waals surface area contributed by atoms with E-state index in [1.165, 1.54) is 0 Å². The minimum Gasteiger partial charge on any atom is -0.497 e. The van der Waals surface area contributed by atoms with Crippen LogP contribution in [0.25, 0.3) is 5.76 Å². The summed E-state index contributed by atoms with van der Waals surface area (Å²) in [5.41, 5.74) is 0.987. The molecule has 1 aliphatic heterocycles. The van der Waals surface area contributed by atoms with Crippen LogP contribution in [0.3, 0.4) is 0 Å². The van der Waals surface area contributed by atoms with Crippen LogP contribution in [-0.4, -0.2) is 12.9 Å². The molecule has 0 saturated carbocycles. The van der Waals surface area contributed by atoms with Crippen LogP contribution in [0, 0.1) is 0 Å². The van der Waals surface area contributed by atoms with Crippen molar-refractivity contribution in [3.63, 3.8) is 0 Å². The molecule has 0 saturated heterocycles. The van der Waals surface area contributed by atoms with E-state index in [4.69, 9.17) is 14.2 Å². The summed E-state index contributed by atoms with van der Waals surface area (Å²) in [6.07, 6.45) is 1.64. The van der Waals surface area contributed by atoms with Gasteiger partial charge >= 0.3 is 0 Å². The maximum Gasteiger partial charge on any atom is 0.245 e. The lowest BCUT2D eigenvalue weighted by atomic mass is 10.2. The summed E-state index contributed by atoms with van der Waals surface area (Å²) in [6.45, 7) is 3.75. The summed E-state index contributed by atoms with van der Waals surface area (Å²) in [5, 5.41) is 0. The number of methoxy groups -OCH3 is 1. The maximum atomic E-state index is 5.61. The van der Waals surface area contributed by atoms with Crippen LogP contribution in [0.2, 0.25) is 0 Å². The maximum absolute atomic E-state index is 5.61. The third kappa shape index (κ3) is 2.06. The van der Waals surface area contributed by atoms with E-state index in [0.29, 0.717) is 0 Å². The first-order valence-electron chi connectivity index (χ1n) is 4.82. The molecule has 0 N–H and O–H groups in total. The predicted octanol–water partition coefficient (Wildman–Crippen LogP) is 2.78. The predicted molar refractivity (Wildman–Crippen MR) is 57.2 cm³/mol. The molecule has 1 aliphatic rings. The Kier molecular flexibility index (Phi) is 2.31. The van der Waals surface area contributed by atoms with Crippen LogP contribution in [0.5, 0.6) is 5.75 Å². The van der Waals surface area contributed by atoms with Gasteiger partial charge in [-0.25, -0.2) is 0 Å². The van der Waals surface area contributed by atoms with Crippen molar-refractivity contribution in [1.29, 1.82) is 0 Å². The Morgan fingerprint density at radius 2 is 1.80 bits per heavy atom. The van der Waals surface area contributed by atoms with Gasteiger partial charge in [-0.05, 0) is 24.3 Å². The lowest BCUT2D eigenvalue weighted by molar-refractivity contribution is -0.102. The number of rotatable bonds is 2. The van der Waals surface area contributed by atoms with Crippen molar-refractivity contribution in [2.75, 3.05) is 7.11 Å². The van der Waals surface area contributed by atoms with Crippen molar-refractivity contribution in [3.05, 3.63) is 36.1 Å². The Morgan fingerprint density at radius 3 is 2.27 bits per heavy atom. The van der Waals surface area contributed by atoms with Crippen LogP contribution in [-0.2, 0) is 9.47 Å². The molecule has 0 bridgehead atoms. The number of benzene rings is 1. The summed E-state index contributed by atoms with van der Waals surface area (Å²) in [4.78, 5) is 0. The Balaban J connectivity index is 2.18. The van der Waals surface area contributed by atoms with Gasteiger partial charge in [0, 0.05) is 19.4 Å². The molecule has 0 radical (unpaired) electrons. The smallest absolute Gasteiger partial charge is 0.245 e. The van der Waals surface area contributed by atoms with Crippen LogP contribution in [0.1, 0.15) is 19.4 Å². The van der Waals surface area contributed by atoms with Gasteiger partial charge in [-0.3, -0.25) is 0 Å². The van der Waals surface area contributed by atoms with Crippen LogP contribution < -0.4 is 4.74 Å². The Hall–Kier alpha value is -1.64. The lowest BCUT2D eigenvalue weighted by Crippen LogP contribution is -2.19. The first kappa shape index (κ1) is 9.90. The highest BCUT2D eigenvalue weighted by atomic mass is 16.7. The fourth-order valence-corrected chi connectivity index (χ4v) is 1.39. The molecule has 0 fully saturated rings. The molecule has 3 heteroatoms. The summed E-state index contributed by atoms with van der Waals surface area (Å²) < 4.78 is 16.0. The van der Waals surface area contributed by atoms with Gasteiger partial charge in [0.1, 0.15) is 12.0 Å². The Bertz CT molecular complexity index is 376. The van der Waals surface area contributed by atoms with Gasteiger partial charge in [0.25, 0.3) is 0 Å². The van der Waals surface area contributed by atoms with Crippen molar-refractivity contribution in [3.8, 4) is 5.75 Å². The second-order valence-electron chi connectivity index (χ2n) is 3.83. The summed E-state index contributed by atoms with van der Waals surface area (Å²) in [7, 11) is 1.65. The van der Waals surface area contributed by atoms with E-state index in [1.807, 2.05) is 38.1 Å². The van der Waals surface area contributed by atoms with E-state index >= 15 is 0 Å². The van der Waals surface area contributed by atoms with Gasteiger partial charge in [-0.15, -0.1) is 0 Å². The Labute approximate surface area is 89.3 Å². The lowest BCUT2D eigenvalue weighted by Gasteiger charge is -2.18. The fourth-order valence-electron chi connectivity index (χ4n) is 1.39. The molecule has 0 aliphatic carbocycles. The third-order valence-electron chi connectivity index (χ3n) is 2.18. The van der Waals surface area contributed by atoms with E-state index in [0.717, 1.165) is 17.1 Å². The number of ether oxygens (including phenoxy) is 3. The first-order chi connectivity index (χ1) is 7.11. The molecule has 2 rings (SSSR count).